The Morgan fingerprint density at radius 2 is 1.08 bits per heavy atom. The molecule has 0 radical (unpaired) electrons. The van der Waals surface area contributed by atoms with Crippen molar-refractivity contribution in [2.24, 2.45) is 0 Å². The standard InChI is InChI=1S/C38H28O/c1-38(2,3)27-19-25-14-17-30-32(23-9-5-4-6-10-23)22-33(31-18-15-26(20-27)36(25)37(30)31)24-13-16-29-28-11-7-8-12-34(28)39-35(29)21-24/h4-22H,1-3H3. The van der Waals surface area contributed by atoms with Crippen LogP contribution in [0.4, 0.5) is 0 Å². The number of rotatable bonds is 2. The number of benzene rings is 7. The number of furan rings is 1. The van der Waals surface area contributed by atoms with Gasteiger partial charge in [0.05, 0.1) is 0 Å². The molecule has 7 aromatic carbocycles. The molecule has 0 saturated heterocycles. The van der Waals surface area contributed by atoms with Gasteiger partial charge in [-0.1, -0.05) is 112 Å². The summed E-state index contributed by atoms with van der Waals surface area (Å²) in [6, 6.07) is 42.2. The summed E-state index contributed by atoms with van der Waals surface area (Å²) in [4.78, 5) is 0. The summed E-state index contributed by atoms with van der Waals surface area (Å²) in [7, 11) is 0. The predicted molar refractivity (Wildman–Crippen MR) is 167 cm³/mol. The first-order valence-electron chi connectivity index (χ1n) is 13.7. The van der Waals surface area contributed by atoms with E-state index in [4.69, 9.17) is 4.42 Å². The van der Waals surface area contributed by atoms with Crippen molar-refractivity contribution in [3.05, 3.63) is 121 Å². The Hall–Kier alpha value is -4.62. The van der Waals surface area contributed by atoms with Crippen LogP contribution in [0.15, 0.2) is 120 Å². The van der Waals surface area contributed by atoms with E-state index in [1.807, 2.05) is 12.1 Å². The van der Waals surface area contributed by atoms with Crippen LogP contribution in [0.25, 0.3) is 76.5 Å². The van der Waals surface area contributed by atoms with Gasteiger partial charge in [-0.15, -0.1) is 0 Å². The second-order valence-corrected chi connectivity index (χ2v) is 11.8. The average Bonchev–Trinajstić information content (AvgIpc) is 3.33. The van der Waals surface area contributed by atoms with E-state index in [1.165, 1.54) is 60.1 Å². The molecule has 1 nitrogen and oxygen atoms in total. The van der Waals surface area contributed by atoms with Gasteiger partial charge >= 0.3 is 0 Å². The van der Waals surface area contributed by atoms with Gasteiger partial charge in [-0.2, -0.15) is 0 Å². The molecule has 0 amide bonds. The summed E-state index contributed by atoms with van der Waals surface area (Å²) in [6.07, 6.45) is 0. The first-order valence-corrected chi connectivity index (χ1v) is 13.7. The van der Waals surface area contributed by atoms with E-state index >= 15 is 0 Å². The lowest BCUT2D eigenvalue weighted by atomic mass is 9.81. The molecule has 0 N–H and O–H groups in total. The largest absolute Gasteiger partial charge is 0.456 e. The molecule has 0 bridgehead atoms. The molecule has 0 atom stereocenters. The van der Waals surface area contributed by atoms with Crippen LogP contribution in [0.2, 0.25) is 0 Å². The molecule has 0 aliphatic heterocycles. The van der Waals surface area contributed by atoms with Gasteiger partial charge in [0, 0.05) is 10.8 Å². The van der Waals surface area contributed by atoms with Crippen LogP contribution in [0.3, 0.4) is 0 Å². The second kappa shape index (κ2) is 7.94. The molecular weight excluding hydrogens is 472 g/mol. The first kappa shape index (κ1) is 22.4. The molecule has 39 heavy (non-hydrogen) atoms. The van der Waals surface area contributed by atoms with Crippen LogP contribution in [0.1, 0.15) is 26.3 Å². The highest BCUT2D eigenvalue weighted by molar-refractivity contribution is 6.28. The van der Waals surface area contributed by atoms with Gasteiger partial charge in [0.25, 0.3) is 0 Å². The van der Waals surface area contributed by atoms with Crippen molar-refractivity contribution >= 4 is 54.3 Å². The Morgan fingerprint density at radius 3 is 1.79 bits per heavy atom. The molecule has 0 saturated carbocycles. The lowest BCUT2D eigenvalue weighted by Gasteiger charge is -2.23. The zero-order chi connectivity index (χ0) is 26.3. The zero-order valence-electron chi connectivity index (χ0n) is 22.4. The predicted octanol–water partition coefficient (Wildman–Crippen LogP) is 11.1. The Kier molecular flexibility index (Phi) is 4.56. The summed E-state index contributed by atoms with van der Waals surface area (Å²) in [5, 5.41) is 10.2. The van der Waals surface area contributed by atoms with Crippen LogP contribution >= 0.6 is 0 Å². The highest BCUT2D eigenvalue weighted by Crippen LogP contribution is 2.45. The normalized spacial score (nSPS) is 12.5. The highest BCUT2D eigenvalue weighted by atomic mass is 16.3. The van der Waals surface area contributed by atoms with Crippen molar-refractivity contribution in [3.8, 4) is 22.3 Å². The van der Waals surface area contributed by atoms with E-state index in [1.54, 1.807) is 0 Å². The van der Waals surface area contributed by atoms with Crippen molar-refractivity contribution in [1.29, 1.82) is 0 Å². The zero-order valence-corrected chi connectivity index (χ0v) is 22.4. The molecule has 1 heteroatoms. The summed E-state index contributed by atoms with van der Waals surface area (Å²) >= 11 is 0. The summed E-state index contributed by atoms with van der Waals surface area (Å²) < 4.78 is 6.30. The third kappa shape index (κ3) is 3.33. The number of fused-ring (bicyclic) bond motifs is 3. The molecular formula is C38H28O. The average molecular weight is 501 g/mol. The highest BCUT2D eigenvalue weighted by Gasteiger charge is 2.20. The fraction of sp³-hybridized carbons (Fsp3) is 0.105. The lowest BCUT2D eigenvalue weighted by molar-refractivity contribution is 0.591. The van der Waals surface area contributed by atoms with Gasteiger partial charge in [0.2, 0.25) is 0 Å². The summed E-state index contributed by atoms with van der Waals surface area (Å²) in [5.74, 6) is 0. The van der Waals surface area contributed by atoms with Crippen molar-refractivity contribution in [1.82, 2.24) is 0 Å². The van der Waals surface area contributed by atoms with Crippen LogP contribution in [-0.2, 0) is 5.41 Å². The number of para-hydroxylation sites is 1. The van der Waals surface area contributed by atoms with Gasteiger partial charge in [-0.3, -0.25) is 0 Å². The molecule has 1 heterocycles. The van der Waals surface area contributed by atoms with E-state index in [9.17, 15) is 0 Å². The van der Waals surface area contributed by atoms with E-state index in [0.29, 0.717) is 0 Å². The molecule has 0 fully saturated rings. The van der Waals surface area contributed by atoms with Crippen molar-refractivity contribution in [2.75, 3.05) is 0 Å². The molecule has 0 unspecified atom stereocenters. The van der Waals surface area contributed by atoms with Crippen molar-refractivity contribution < 1.29 is 4.42 Å². The minimum Gasteiger partial charge on any atom is -0.456 e. The van der Waals surface area contributed by atoms with E-state index in [2.05, 4.69) is 124 Å². The van der Waals surface area contributed by atoms with Gasteiger partial charge < -0.3 is 4.42 Å². The Morgan fingerprint density at radius 1 is 0.462 bits per heavy atom. The van der Waals surface area contributed by atoms with E-state index < -0.39 is 0 Å². The Labute approximate surface area is 227 Å². The Bertz CT molecular complexity index is 2170. The fourth-order valence-electron chi connectivity index (χ4n) is 6.34. The third-order valence-corrected chi connectivity index (χ3v) is 8.36. The smallest absolute Gasteiger partial charge is 0.136 e. The summed E-state index contributed by atoms with van der Waals surface area (Å²) in [6.45, 7) is 6.87. The Balaban J connectivity index is 1.49. The minimum atomic E-state index is 0.0901. The van der Waals surface area contributed by atoms with Crippen LogP contribution < -0.4 is 0 Å². The monoisotopic (exact) mass is 500 g/mol. The molecule has 0 spiro atoms. The second-order valence-electron chi connectivity index (χ2n) is 11.8. The van der Waals surface area contributed by atoms with E-state index in [0.717, 1.165) is 21.9 Å². The van der Waals surface area contributed by atoms with Crippen LogP contribution in [0, 0.1) is 0 Å². The molecule has 0 aliphatic carbocycles. The maximum Gasteiger partial charge on any atom is 0.136 e. The molecule has 1 aromatic heterocycles. The molecule has 0 aliphatic rings. The van der Waals surface area contributed by atoms with Crippen LogP contribution in [-0.4, -0.2) is 0 Å². The fourth-order valence-corrected chi connectivity index (χ4v) is 6.34. The molecule has 8 aromatic rings. The minimum absolute atomic E-state index is 0.0901. The van der Waals surface area contributed by atoms with Gasteiger partial charge in [-0.25, -0.2) is 0 Å². The molecule has 8 rings (SSSR count). The first-order chi connectivity index (χ1) is 19.0. The quantitative estimate of drug-likeness (QED) is 0.215. The van der Waals surface area contributed by atoms with E-state index in [-0.39, 0.29) is 5.41 Å². The van der Waals surface area contributed by atoms with Crippen molar-refractivity contribution in [2.45, 2.75) is 26.2 Å². The maximum absolute atomic E-state index is 6.30. The van der Waals surface area contributed by atoms with Gasteiger partial charge in [0.1, 0.15) is 11.2 Å². The maximum atomic E-state index is 6.30. The topological polar surface area (TPSA) is 13.1 Å². The number of hydrogen-bond acceptors (Lipinski definition) is 1. The van der Waals surface area contributed by atoms with Gasteiger partial charge in [0.15, 0.2) is 0 Å². The summed E-state index contributed by atoms with van der Waals surface area (Å²) in [5.41, 5.74) is 8.22. The van der Waals surface area contributed by atoms with Gasteiger partial charge in [-0.05, 0) is 89.8 Å². The molecule has 186 valence electrons. The SMILES string of the molecule is CC(C)(C)c1cc2ccc3c(-c4ccccc4)cc(-c4ccc5c(c4)oc4ccccc45)c4ccc(c1)c2c34. The van der Waals surface area contributed by atoms with Crippen molar-refractivity contribution in [3.63, 3.8) is 0 Å². The lowest BCUT2D eigenvalue weighted by Crippen LogP contribution is -2.10. The van der Waals surface area contributed by atoms with Crippen LogP contribution in [0.5, 0.6) is 0 Å². The number of hydrogen-bond donors (Lipinski definition) is 0. The third-order valence-electron chi connectivity index (χ3n) is 8.36.